The van der Waals surface area contributed by atoms with Gasteiger partial charge in [-0.3, -0.25) is 0 Å². The summed E-state index contributed by atoms with van der Waals surface area (Å²) < 4.78 is 11.4. The van der Waals surface area contributed by atoms with E-state index in [9.17, 15) is 4.79 Å². The predicted octanol–water partition coefficient (Wildman–Crippen LogP) is 6.35. The number of nitrogens with two attached hydrogens (primary N) is 1. The minimum atomic E-state index is -2.03. The molecule has 0 aliphatic rings. The zero-order valence-electron chi connectivity index (χ0n) is 19.9. The molecule has 0 spiro atoms. The number of esters is 1. The lowest BCUT2D eigenvalue weighted by Crippen LogP contribution is -2.45. The van der Waals surface area contributed by atoms with Gasteiger partial charge in [0, 0.05) is 23.0 Å². The highest BCUT2D eigenvalue weighted by atomic mass is 35.5. The van der Waals surface area contributed by atoms with Gasteiger partial charge in [0.15, 0.2) is 8.32 Å². The molecule has 4 nitrogen and oxygen atoms in total. The minimum absolute atomic E-state index is 0.0769. The Hall–Kier alpha value is -2.10. The maximum atomic E-state index is 11.5. The van der Waals surface area contributed by atoms with E-state index in [2.05, 4.69) is 45.7 Å². The average molecular weight is 472 g/mol. The van der Waals surface area contributed by atoms with Crippen molar-refractivity contribution >= 4 is 25.9 Å². The molecule has 0 amide bonds. The molecule has 0 heterocycles. The van der Waals surface area contributed by atoms with Crippen molar-refractivity contribution in [1.29, 1.82) is 0 Å². The summed E-state index contributed by atoms with van der Waals surface area (Å²) in [7, 11) is -0.666. The number of ether oxygens (including phenoxy) is 1. The Bertz CT molecular complexity index is 954. The van der Waals surface area contributed by atoms with Crippen molar-refractivity contribution < 1.29 is 14.0 Å². The fourth-order valence-electron chi connectivity index (χ4n) is 2.91. The van der Waals surface area contributed by atoms with Gasteiger partial charge in [-0.25, -0.2) is 4.79 Å². The van der Waals surface area contributed by atoms with Crippen molar-refractivity contribution in [3.05, 3.63) is 70.2 Å². The number of hydrogen-bond donors (Lipinski definition) is 1. The van der Waals surface area contributed by atoms with Crippen LogP contribution in [0.1, 0.15) is 61.2 Å². The van der Waals surface area contributed by atoms with Gasteiger partial charge >= 0.3 is 5.97 Å². The molecule has 0 bridgehead atoms. The lowest BCUT2D eigenvalue weighted by molar-refractivity contribution is 0.0600. The van der Waals surface area contributed by atoms with Crippen LogP contribution < -0.4 is 5.73 Å². The minimum Gasteiger partial charge on any atom is -0.465 e. The highest BCUT2D eigenvalue weighted by Gasteiger charge is 2.40. The van der Waals surface area contributed by atoms with Gasteiger partial charge in [0.05, 0.1) is 18.8 Å². The van der Waals surface area contributed by atoms with Crippen LogP contribution in [0.5, 0.6) is 0 Å². The molecule has 2 aromatic carbocycles. The van der Waals surface area contributed by atoms with Gasteiger partial charge in [0.2, 0.25) is 0 Å². The molecule has 0 radical (unpaired) electrons. The summed E-state index contributed by atoms with van der Waals surface area (Å²) in [6.07, 6.45) is 1.13. The standard InChI is InChI=1S/C26H34ClNO3Si/c1-26(2,3)32(5,6)31-24(20-15-17-22(27)18-16-20)23(28)10-8-7-9-19-11-13-21(14-12-19)25(29)30-4/h11-18,23-24H,8,10,28H2,1-6H3/t23-,24?/m1/s1. The molecule has 1 unspecified atom stereocenters. The van der Waals surface area contributed by atoms with Gasteiger partial charge in [0.25, 0.3) is 0 Å². The first-order valence-electron chi connectivity index (χ1n) is 10.8. The third-order valence-electron chi connectivity index (χ3n) is 5.96. The van der Waals surface area contributed by atoms with Crippen molar-refractivity contribution in [2.24, 2.45) is 5.73 Å². The Morgan fingerprint density at radius 2 is 1.69 bits per heavy atom. The van der Waals surface area contributed by atoms with Gasteiger partial charge in [0.1, 0.15) is 0 Å². The molecule has 32 heavy (non-hydrogen) atoms. The smallest absolute Gasteiger partial charge is 0.337 e. The molecule has 6 heteroatoms. The van der Waals surface area contributed by atoms with E-state index in [1.807, 2.05) is 36.4 Å². The largest absolute Gasteiger partial charge is 0.465 e. The zero-order valence-corrected chi connectivity index (χ0v) is 21.6. The van der Waals surface area contributed by atoms with Gasteiger partial charge in [-0.05, 0) is 66.5 Å². The van der Waals surface area contributed by atoms with E-state index in [0.717, 1.165) is 11.1 Å². The van der Waals surface area contributed by atoms with E-state index < -0.39 is 8.32 Å². The fourth-order valence-corrected chi connectivity index (χ4v) is 4.34. The lowest BCUT2D eigenvalue weighted by atomic mass is 9.99. The van der Waals surface area contributed by atoms with Gasteiger partial charge in [-0.1, -0.05) is 56.3 Å². The van der Waals surface area contributed by atoms with Crippen LogP contribution in [0.4, 0.5) is 0 Å². The molecule has 2 rings (SSSR count). The van der Waals surface area contributed by atoms with E-state index in [1.165, 1.54) is 7.11 Å². The summed E-state index contributed by atoms with van der Waals surface area (Å²) >= 11 is 6.09. The summed E-state index contributed by atoms with van der Waals surface area (Å²) in [5.74, 6) is 5.97. The second-order valence-corrected chi connectivity index (χ2v) is 14.6. The maximum Gasteiger partial charge on any atom is 0.337 e. The summed E-state index contributed by atoms with van der Waals surface area (Å²) in [5, 5.41) is 0.769. The average Bonchev–Trinajstić information content (AvgIpc) is 2.74. The number of carbonyl (C=O) groups excluding carboxylic acids is 1. The van der Waals surface area contributed by atoms with E-state index in [1.54, 1.807) is 12.1 Å². The van der Waals surface area contributed by atoms with E-state index in [0.29, 0.717) is 23.4 Å². The Morgan fingerprint density at radius 3 is 2.22 bits per heavy atom. The van der Waals surface area contributed by atoms with Crippen molar-refractivity contribution in [3.63, 3.8) is 0 Å². The quantitative estimate of drug-likeness (QED) is 0.290. The molecule has 2 N–H and O–H groups in total. The highest BCUT2D eigenvalue weighted by molar-refractivity contribution is 6.74. The summed E-state index contributed by atoms with van der Waals surface area (Å²) in [6.45, 7) is 11.1. The van der Waals surface area contributed by atoms with Crippen LogP contribution in [-0.2, 0) is 9.16 Å². The Kier molecular flexibility index (Phi) is 9.12. The molecule has 0 saturated carbocycles. The second kappa shape index (κ2) is 11.2. The van der Waals surface area contributed by atoms with E-state index >= 15 is 0 Å². The monoisotopic (exact) mass is 471 g/mol. The van der Waals surface area contributed by atoms with Crippen molar-refractivity contribution in [1.82, 2.24) is 0 Å². The topological polar surface area (TPSA) is 61.5 Å². The lowest BCUT2D eigenvalue weighted by Gasteiger charge is -2.41. The van der Waals surface area contributed by atoms with E-state index in [4.69, 9.17) is 26.5 Å². The van der Waals surface area contributed by atoms with Crippen molar-refractivity contribution in [2.45, 2.75) is 63.9 Å². The first-order chi connectivity index (χ1) is 14.9. The van der Waals surface area contributed by atoms with Crippen LogP contribution >= 0.6 is 11.6 Å². The van der Waals surface area contributed by atoms with Crippen LogP contribution in [-0.4, -0.2) is 27.4 Å². The third-order valence-corrected chi connectivity index (χ3v) is 10.7. The van der Waals surface area contributed by atoms with Crippen molar-refractivity contribution in [2.75, 3.05) is 7.11 Å². The van der Waals surface area contributed by atoms with Gasteiger partial charge < -0.3 is 14.9 Å². The normalized spacial score (nSPS) is 13.6. The molecule has 0 aliphatic heterocycles. The van der Waals surface area contributed by atoms with Crippen molar-refractivity contribution in [3.8, 4) is 11.8 Å². The number of carbonyl (C=O) groups is 1. The number of benzene rings is 2. The third kappa shape index (κ3) is 7.21. The molecule has 0 fully saturated rings. The molecular weight excluding hydrogens is 438 g/mol. The Morgan fingerprint density at radius 1 is 1.09 bits per heavy atom. The van der Waals surface area contributed by atoms with Gasteiger partial charge in [-0.15, -0.1) is 0 Å². The molecule has 0 aliphatic carbocycles. The van der Waals surface area contributed by atoms with E-state index in [-0.39, 0.29) is 23.2 Å². The number of halogens is 1. The SMILES string of the molecule is COC(=O)c1ccc(C#CCC[C@@H](N)C(O[Si](C)(C)C(C)(C)C)c2ccc(Cl)cc2)cc1. The maximum absolute atomic E-state index is 11.5. The summed E-state index contributed by atoms with van der Waals surface area (Å²) in [4.78, 5) is 11.5. The summed E-state index contributed by atoms with van der Waals surface area (Å²) in [6, 6.07) is 14.6. The van der Waals surface area contributed by atoms with Crippen LogP contribution in [0.25, 0.3) is 0 Å². The molecular formula is C26H34ClNO3Si. The van der Waals surface area contributed by atoms with Gasteiger partial charge in [-0.2, -0.15) is 0 Å². The Labute approximate surface area is 198 Å². The predicted molar refractivity (Wildman–Crippen MR) is 134 cm³/mol. The molecule has 0 saturated heterocycles. The molecule has 2 atom stereocenters. The Balaban J connectivity index is 2.10. The van der Waals surface area contributed by atoms with Crippen LogP contribution in [0.3, 0.4) is 0 Å². The molecule has 0 aromatic heterocycles. The molecule has 172 valence electrons. The fraction of sp³-hybridized carbons (Fsp3) is 0.423. The van der Waals surface area contributed by atoms with Crippen LogP contribution in [0.15, 0.2) is 48.5 Å². The number of methoxy groups -OCH3 is 1. The first-order valence-corrected chi connectivity index (χ1v) is 14.1. The second-order valence-electron chi connectivity index (χ2n) is 9.42. The zero-order chi connectivity index (χ0) is 23.9. The first kappa shape index (κ1) is 26.2. The highest BCUT2D eigenvalue weighted by Crippen LogP contribution is 2.40. The summed E-state index contributed by atoms with van der Waals surface area (Å²) in [5.41, 5.74) is 9.02. The van der Waals surface area contributed by atoms with Crippen LogP contribution in [0, 0.1) is 11.8 Å². The number of hydrogen-bond acceptors (Lipinski definition) is 4. The van der Waals surface area contributed by atoms with Crippen LogP contribution in [0.2, 0.25) is 23.2 Å². The number of rotatable bonds is 7. The molecule has 2 aromatic rings.